The zero-order valence-corrected chi connectivity index (χ0v) is 11.6. The maximum atomic E-state index is 12.2. The summed E-state index contributed by atoms with van der Waals surface area (Å²) in [7, 11) is 0. The van der Waals surface area contributed by atoms with Crippen molar-refractivity contribution in [3.05, 3.63) is 34.9 Å². The highest BCUT2D eigenvalue weighted by atomic mass is 35.5. The van der Waals surface area contributed by atoms with Crippen molar-refractivity contribution in [1.82, 2.24) is 10.6 Å². The monoisotopic (exact) mass is 266 g/mol. The van der Waals surface area contributed by atoms with Crippen molar-refractivity contribution in [3.63, 3.8) is 0 Å². The van der Waals surface area contributed by atoms with Crippen LogP contribution in [0.4, 0.5) is 0 Å². The summed E-state index contributed by atoms with van der Waals surface area (Å²) in [6.45, 7) is 6.19. The summed E-state index contributed by atoms with van der Waals surface area (Å²) in [6.07, 6.45) is 0.948. The number of piperidine rings is 1. The van der Waals surface area contributed by atoms with Crippen LogP contribution in [0.3, 0.4) is 0 Å². The Hall–Kier alpha value is -1.06. The van der Waals surface area contributed by atoms with Gasteiger partial charge in [0.25, 0.3) is 5.91 Å². The summed E-state index contributed by atoms with van der Waals surface area (Å²) in [5.74, 6) is -0.0828. The van der Waals surface area contributed by atoms with E-state index in [1.165, 1.54) is 0 Å². The van der Waals surface area contributed by atoms with Gasteiger partial charge < -0.3 is 10.6 Å². The molecule has 1 aromatic rings. The topological polar surface area (TPSA) is 41.1 Å². The van der Waals surface area contributed by atoms with Gasteiger partial charge in [0.05, 0.1) is 10.6 Å². The molecule has 0 radical (unpaired) electrons. The van der Waals surface area contributed by atoms with Crippen LogP contribution < -0.4 is 10.6 Å². The van der Waals surface area contributed by atoms with Gasteiger partial charge in [-0.05, 0) is 30.5 Å². The smallest absolute Gasteiger partial charge is 0.253 e. The third-order valence-corrected chi connectivity index (χ3v) is 3.89. The molecule has 1 saturated heterocycles. The second kappa shape index (κ2) is 5.29. The van der Waals surface area contributed by atoms with Crippen LogP contribution in [0.15, 0.2) is 24.3 Å². The number of benzene rings is 1. The summed E-state index contributed by atoms with van der Waals surface area (Å²) < 4.78 is 0. The molecule has 0 spiro atoms. The molecular formula is C14H19ClN2O. The molecule has 1 amide bonds. The van der Waals surface area contributed by atoms with Gasteiger partial charge in [0, 0.05) is 12.6 Å². The second-order valence-corrected chi connectivity index (χ2v) is 5.87. The van der Waals surface area contributed by atoms with Crippen molar-refractivity contribution in [1.29, 1.82) is 0 Å². The van der Waals surface area contributed by atoms with Gasteiger partial charge in [0.15, 0.2) is 0 Å². The molecule has 1 fully saturated rings. The molecule has 1 atom stereocenters. The molecule has 18 heavy (non-hydrogen) atoms. The number of hydrogen-bond acceptors (Lipinski definition) is 2. The molecule has 1 aromatic carbocycles. The van der Waals surface area contributed by atoms with Gasteiger partial charge in [0.1, 0.15) is 0 Å². The Kier molecular flexibility index (Phi) is 3.93. The van der Waals surface area contributed by atoms with E-state index in [1.54, 1.807) is 12.1 Å². The van der Waals surface area contributed by atoms with E-state index in [0.717, 1.165) is 19.5 Å². The van der Waals surface area contributed by atoms with E-state index >= 15 is 0 Å². The Morgan fingerprint density at radius 1 is 1.44 bits per heavy atom. The maximum Gasteiger partial charge on any atom is 0.253 e. The van der Waals surface area contributed by atoms with Crippen molar-refractivity contribution < 1.29 is 4.79 Å². The SMILES string of the molecule is CC1(C)CNCCC1NC(=O)c1ccccc1Cl. The van der Waals surface area contributed by atoms with Crippen molar-refractivity contribution in [2.24, 2.45) is 5.41 Å². The lowest BCUT2D eigenvalue weighted by atomic mass is 9.80. The fourth-order valence-corrected chi connectivity index (χ4v) is 2.54. The molecule has 1 aliphatic heterocycles. The number of rotatable bonds is 2. The minimum atomic E-state index is -0.0828. The predicted molar refractivity (Wildman–Crippen MR) is 74.0 cm³/mol. The maximum absolute atomic E-state index is 12.2. The third kappa shape index (κ3) is 2.85. The fourth-order valence-electron chi connectivity index (χ4n) is 2.32. The van der Waals surface area contributed by atoms with Gasteiger partial charge in [0.2, 0.25) is 0 Å². The van der Waals surface area contributed by atoms with Gasteiger partial charge >= 0.3 is 0 Å². The highest BCUT2D eigenvalue weighted by Gasteiger charge is 2.33. The van der Waals surface area contributed by atoms with Crippen molar-refractivity contribution in [2.45, 2.75) is 26.3 Å². The number of carbonyl (C=O) groups is 1. The Labute approximate surface area is 113 Å². The Balaban J connectivity index is 2.10. The van der Waals surface area contributed by atoms with Crippen LogP contribution in [-0.4, -0.2) is 25.0 Å². The zero-order chi connectivity index (χ0) is 13.2. The molecule has 1 aliphatic rings. The van der Waals surface area contributed by atoms with Crippen LogP contribution >= 0.6 is 11.6 Å². The van der Waals surface area contributed by atoms with E-state index in [9.17, 15) is 4.79 Å². The summed E-state index contributed by atoms with van der Waals surface area (Å²) in [5, 5.41) is 6.96. The molecular weight excluding hydrogens is 248 g/mol. The molecule has 2 N–H and O–H groups in total. The Morgan fingerprint density at radius 3 is 2.83 bits per heavy atom. The highest BCUT2D eigenvalue weighted by molar-refractivity contribution is 6.33. The van der Waals surface area contributed by atoms with Crippen molar-refractivity contribution in [2.75, 3.05) is 13.1 Å². The van der Waals surface area contributed by atoms with Crippen LogP contribution in [-0.2, 0) is 0 Å². The summed E-state index contributed by atoms with van der Waals surface area (Å²) in [4.78, 5) is 12.2. The molecule has 0 aromatic heterocycles. The van der Waals surface area contributed by atoms with E-state index in [-0.39, 0.29) is 17.4 Å². The Morgan fingerprint density at radius 2 is 2.17 bits per heavy atom. The molecule has 1 heterocycles. The molecule has 4 heteroatoms. The number of nitrogens with one attached hydrogen (secondary N) is 2. The van der Waals surface area contributed by atoms with Gasteiger partial charge in [-0.3, -0.25) is 4.79 Å². The van der Waals surface area contributed by atoms with E-state index in [2.05, 4.69) is 24.5 Å². The predicted octanol–water partition coefficient (Wildman–Crippen LogP) is 2.46. The molecule has 0 saturated carbocycles. The normalized spacial score (nSPS) is 22.5. The molecule has 98 valence electrons. The average Bonchev–Trinajstić information content (AvgIpc) is 2.32. The average molecular weight is 267 g/mol. The Bertz CT molecular complexity index is 445. The largest absolute Gasteiger partial charge is 0.349 e. The van der Waals surface area contributed by atoms with Crippen molar-refractivity contribution in [3.8, 4) is 0 Å². The number of amides is 1. The zero-order valence-electron chi connectivity index (χ0n) is 10.8. The summed E-state index contributed by atoms with van der Waals surface area (Å²) in [6, 6.07) is 7.33. The van der Waals surface area contributed by atoms with E-state index in [4.69, 9.17) is 11.6 Å². The van der Waals surface area contributed by atoms with Crippen LogP contribution in [0.5, 0.6) is 0 Å². The van der Waals surface area contributed by atoms with Crippen LogP contribution in [0.1, 0.15) is 30.6 Å². The first kappa shape index (κ1) is 13.4. The van der Waals surface area contributed by atoms with Crippen LogP contribution in [0.25, 0.3) is 0 Å². The molecule has 1 unspecified atom stereocenters. The molecule has 0 aliphatic carbocycles. The summed E-state index contributed by atoms with van der Waals surface area (Å²) in [5.41, 5.74) is 0.614. The number of carbonyl (C=O) groups excluding carboxylic acids is 1. The van der Waals surface area contributed by atoms with Gasteiger partial charge in [-0.1, -0.05) is 37.6 Å². The molecule has 0 bridgehead atoms. The first-order chi connectivity index (χ1) is 8.50. The molecule has 2 rings (SSSR count). The fraction of sp³-hybridized carbons (Fsp3) is 0.500. The minimum absolute atomic E-state index is 0.0646. The third-order valence-electron chi connectivity index (χ3n) is 3.56. The first-order valence-corrected chi connectivity index (χ1v) is 6.64. The molecule has 3 nitrogen and oxygen atoms in total. The second-order valence-electron chi connectivity index (χ2n) is 5.46. The number of hydrogen-bond donors (Lipinski definition) is 2. The minimum Gasteiger partial charge on any atom is -0.349 e. The standard InChI is InChI=1S/C14H19ClN2O/c1-14(2)9-16-8-7-12(14)17-13(18)10-5-3-4-6-11(10)15/h3-6,12,16H,7-9H2,1-2H3,(H,17,18). The first-order valence-electron chi connectivity index (χ1n) is 6.27. The van der Waals surface area contributed by atoms with Gasteiger partial charge in [-0.25, -0.2) is 0 Å². The lowest BCUT2D eigenvalue weighted by Crippen LogP contribution is -2.54. The summed E-state index contributed by atoms with van der Waals surface area (Å²) >= 11 is 6.03. The van der Waals surface area contributed by atoms with Crippen LogP contribution in [0.2, 0.25) is 5.02 Å². The quantitative estimate of drug-likeness (QED) is 0.863. The number of halogens is 1. The highest BCUT2D eigenvalue weighted by Crippen LogP contribution is 2.25. The van der Waals surface area contributed by atoms with E-state index in [1.807, 2.05) is 12.1 Å². The lowest BCUT2D eigenvalue weighted by molar-refractivity contribution is 0.0869. The van der Waals surface area contributed by atoms with Crippen molar-refractivity contribution >= 4 is 17.5 Å². The van der Waals surface area contributed by atoms with E-state index < -0.39 is 0 Å². The van der Waals surface area contributed by atoms with Gasteiger partial charge in [-0.15, -0.1) is 0 Å². The van der Waals surface area contributed by atoms with Gasteiger partial charge in [-0.2, -0.15) is 0 Å². The van der Waals surface area contributed by atoms with E-state index in [0.29, 0.717) is 10.6 Å². The van der Waals surface area contributed by atoms with Crippen LogP contribution in [0, 0.1) is 5.41 Å². The lowest BCUT2D eigenvalue weighted by Gasteiger charge is -2.39.